The highest BCUT2D eigenvalue weighted by atomic mass is 35.5. The van der Waals surface area contributed by atoms with Gasteiger partial charge in [-0.1, -0.05) is 53.6 Å². The van der Waals surface area contributed by atoms with Crippen LogP contribution >= 0.6 is 11.6 Å². The van der Waals surface area contributed by atoms with Gasteiger partial charge in [-0.25, -0.2) is 0 Å². The van der Waals surface area contributed by atoms with Gasteiger partial charge in [0, 0.05) is 24.0 Å². The third-order valence-electron chi connectivity index (χ3n) is 8.26. The first kappa shape index (κ1) is 30.6. The van der Waals surface area contributed by atoms with Crippen molar-refractivity contribution >= 4 is 34.4 Å². The maximum Gasteiger partial charge on any atom is 0.119 e. The van der Waals surface area contributed by atoms with Crippen LogP contribution in [-0.2, 0) is 0 Å². The van der Waals surface area contributed by atoms with Crippen molar-refractivity contribution in [2.45, 2.75) is 66.6 Å². The zero-order chi connectivity index (χ0) is 30.5. The topological polar surface area (TPSA) is 40.4 Å². The number of ether oxygens (including phenoxy) is 1. The third kappa shape index (κ3) is 7.05. The number of azo groups is 1. The molecule has 1 aliphatic rings. The first-order valence-corrected chi connectivity index (χ1v) is 15.7. The summed E-state index contributed by atoms with van der Waals surface area (Å²) in [7, 11) is 0. The number of anilines is 2. The Balaban J connectivity index is 1.31. The van der Waals surface area contributed by atoms with E-state index in [-0.39, 0.29) is 6.17 Å². The summed E-state index contributed by atoms with van der Waals surface area (Å²) in [5, 5.41) is 8.63. The lowest BCUT2D eigenvalue weighted by atomic mass is 10.0. The maximum atomic E-state index is 6.82. The largest absolute Gasteiger partial charge is 0.494 e. The van der Waals surface area contributed by atoms with Gasteiger partial charge in [0.05, 0.1) is 23.9 Å². The summed E-state index contributed by atoms with van der Waals surface area (Å²) < 4.78 is 6.17. The molecule has 0 aromatic heterocycles. The summed E-state index contributed by atoms with van der Waals surface area (Å²) >= 11 is 6.82. The van der Waals surface area contributed by atoms with E-state index in [4.69, 9.17) is 16.3 Å². The van der Waals surface area contributed by atoms with E-state index in [0.29, 0.717) is 18.5 Å². The van der Waals surface area contributed by atoms with Gasteiger partial charge in [-0.2, -0.15) is 10.2 Å². The Morgan fingerprint density at radius 1 is 0.721 bits per heavy atom. The van der Waals surface area contributed by atoms with Crippen LogP contribution in [0.25, 0.3) is 0 Å². The molecule has 1 saturated heterocycles. The van der Waals surface area contributed by atoms with Crippen LogP contribution in [0.1, 0.15) is 46.2 Å². The zero-order valence-electron chi connectivity index (χ0n) is 26.3. The third-order valence-corrected chi connectivity index (χ3v) is 8.54. The molecule has 0 amide bonds. The Bertz CT molecular complexity index is 1520. The van der Waals surface area contributed by atoms with Crippen LogP contribution < -0.4 is 14.5 Å². The fourth-order valence-electron chi connectivity index (χ4n) is 6.72. The van der Waals surface area contributed by atoms with Crippen molar-refractivity contribution in [3.05, 3.63) is 112 Å². The molecule has 0 radical (unpaired) electrons. The number of hydrogen-bond acceptors (Lipinski definition) is 5. The van der Waals surface area contributed by atoms with E-state index in [0.717, 1.165) is 36.5 Å². The van der Waals surface area contributed by atoms with Gasteiger partial charge < -0.3 is 14.5 Å². The predicted molar refractivity (Wildman–Crippen MR) is 181 cm³/mol. The molecule has 0 N–H and O–H groups in total. The van der Waals surface area contributed by atoms with E-state index in [1.54, 1.807) is 0 Å². The Labute approximate surface area is 262 Å². The molecule has 0 saturated carbocycles. The minimum absolute atomic E-state index is 0.0744. The summed E-state index contributed by atoms with van der Waals surface area (Å²) in [4.78, 5) is 5.15. The van der Waals surface area contributed by atoms with Crippen LogP contribution in [0, 0.1) is 41.5 Å². The average Bonchev–Trinajstić information content (AvgIpc) is 3.31. The molecule has 1 fully saturated rings. The van der Waals surface area contributed by atoms with Crippen LogP contribution in [0.5, 0.6) is 5.75 Å². The van der Waals surface area contributed by atoms with Gasteiger partial charge in [-0.05, 0) is 113 Å². The van der Waals surface area contributed by atoms with E-state index < -0.39 is 0 Å². The van der Waals surface area contributed by atoms with Crippen molar-refractivity contribution in [3.63, 3.8) is 0 Å². The molecular weight excluding hydrogens is 552 g/mol. The molecule has 224 valence electrons. The normalized spacial score (nSPS) is 16.8. The monoisotopic (exact) mass is 594 g/mol. The number of benzene rings is 4. The molecule has 6 heteroatoms. The molecule has 43 heavy (non-hydrogen) atoms. The molecule has 4 aromatic rings. The van der Waals surface area contributed by atoms with Crippen molar-refractivity contribution in [1.29, 1.82) is 0 Å². The van der Waals surface area contributed by atoms with Gasteiger partial charge in [0.15, 0.2) is 0 Å². The van der Waals surface area contributed by atoms with Gasteiger partial charge in [0.1, 0.15) is 11.9 Å². The van der Waals surface area contributed by atoms with Gasteiger partial charge in [-0.15, -0.1) is 11.6 Å². The summed E-state index contributed by atoms with van der Waals surface area (Å²) in [6, 6.07) is 27.0. The number of hydrogen-bond donors (Lipinski definition) is 0. The molecular formula is C37H43ClN4O. The standard InChI is InChI=1S/C37H43ClN4O/c1-25-19-27(3)36(28(4)20-25)41-24-33(42(35(41)23-38)37-29(5)21-26(2)22-30(37)6)13-10-18-43-34-16-14-32(15-17-34)40-39-31-11-8-7-9-12-31/h7-9,11-12,14-17,19-22,33,35H,10,13,18,23-24H2,1-6H3. The van der Waals surface area contributed by atoms with Gasteiger partial charge in [0.2, 0.25) is 0 Å². The molecule has 5 nitrogen and oxygen atoms in total. The quantitative estimate of drug-likeness (QED) is 0.104. The molecule has 0 aliphatic carbocycles. The molecule has 1 heterocycles. The van der Waals surface area contributed by atoms with Gasteiger partial charge in [-0.3, -0.25) is 0 Å². The molecule has 0 bridgehead atoms. The first-order chi connectivity index (χ1) is 20.7. The van der Waals surface area contributed by atoms with Crippen molar-refractivity contribution in [2.75, 3.05) is 28.8 Å². The van der Waals surface area contributed by atoms with Gasteiger partial charge >= 0.3 is 0 Å². The summed E-state index contributed by atoms with van der Waals surface area (Å²) in [5.74, 6) is 1.37. The Kier molecular flexibility index (Phi) is 9.72. The maximum absolute atomic E-state index is 6.82. The molecule has 2 atom stereocenters. The average molecular weight is 595 g/mol. The molecule has 2 unspecified atom stereocenters. The van der Waals surface area contributed by atoms with E-state index in [2.05, 4.69) is 85.8 Å². The van der Waals surface area contributed by atoms with Crippen molar-refractivity contribution in [2.24, 2.45) is 10.2 Å². The second kappa shape index (κ2) is 13.6. The molecule has 5 rings (SSSR count). The number of aryl methyl sites for hydroxylation is 6. The zero-order valence-corrected chi connectivity index (χ0v) is 27.0. The number of alkyl halides is 1. The highest BCUT2D eigenvalue weighted by molar-refractivity contribution is 6.18. The van der Waals surface area contributed by atoms with Crippen molar-refractivity contribution < 1.29 is 4.74 Å². The van der Waals surface area contributed by atoms with Crippen LogP contribution in [0.15, 0.2) is 89.1 Å². The summed E-state index contributed by atoms with van der Waals surface area (Å²) in [5.41, 5.74) is 12.1. The lowest BCUT2D eigenvalue weighted by molar-refractivity contribution is 0.302. The number of rotatable bonds is 10. The Morgan fingerprint density at radius 2 is 1.26 bits per heavy atom. The molecule has 0 spiro atoms. The fraction of sp³-hybridized carbons (Fsp3) is 0.351. The SMILES string of the molecule is Cc1cc(C)c(N2CC(CCCOc3ccc(N=Nc4ccccc4)cc3)N(c3c(C)cc(C)cc3C)C2CCl)c(C)c1. The lowest BCUT2D eigenvalue weighted by Crippen LogP contribution is -2.43. The Morgan fingerprint density at radius 3 is 1.81 bits per heavy atom. The van der Waals surface area contributed by atoms with Crippen LogP contribution in [0.3, 0.4) is 0 Å². The van der Waals surface area contributed by atoms with Crippen LogP contribution in [0.4, 0.5) is 22.7 Å². The van der Waals surface area contributed by atoms with E-state index in [1.165, 1.54) is 44.8 Å². The molecule has 4 aromatic carbocycles. The first-order valence-electron chi connectivity index (χ1n) is 15.2. The highest BCUT2D eigenvalue weighted by Gasteiger charge is 2.41. The van der Waals surface area contributed by atoms with E-state index in [1.807, 2.05) is 54.6 Å². The van der Waals surface area contributed by atoms with Crippen molar-refractivity contribution in [1.82, 2.24) is 0 Å². The second-order valence-corrected chi connectivity index (χ2v) is 12.2. The number of halogens is 1. The lowest BCUT2D eigenvalue weighted by Gasteiger charge is -2.36. The minimum atomic E-state index is 0.0744. The minimum Gasteiger partial charge on any atom is -0.494 e. The van der Waals surface area contributed by atoms with E-state index in [9.17, 15) is 0 Å². The summed E-state index contributed by atoms with van der Waals surface area (Å²) in [6.45, 7) is 14.8. The molecule has 1 aliphatic heterocycles. The van der Waals surface area contributed by atoms with Gasteiger partial charge in [0.25, 0.3) is 0 Å². The van der Waals surface area contributed by atoms with Crippen LogP contribution in [0.2, 0.25) is 0 Å². The van der Waals surface area contributed by atoms with E-state index >= 15 is 0 Å². The predicted octanol–water partition coefficient (Wildman–Crippen LogP) is 10.1. The highest BCUT2D eigenvalue weighted by Crippen LogP contribution is 2.40. The number of nitrogens with zero attached hydrogens (tertiary/aromatic N) is 4. The van der Waals surface area contributed by atoms with Crippen LogP contribution in [-0.4, -0.2) is 31.2 Å². The smallest absolute Gasteiger partial charge is 0.119 e. The second-order valence-electron chi connectivity index (χ2n) is 11.9. The summed E-state index contributed by atoms with van der Waals surface area (Å²) in [6.07, 6.45) is 2.02. The van der Waals surface area contributed by atoms with Crippen molar-refractivity contribution in [3.8, 4) is 5.75 Å². The fourth-order valence-corrected chi connectivity index (χ4v) is 7.04. The Hall–Kier alpha value is -3.83.